The number of hydrogen-bond donors (Lipinski definition) is 1. The third-order valence-electron chi connectivity index (χ3n) is 9.05. The Kier molecular flexibility index (Phi) is 10.4. The lowest BCUT2D eigenvalue weighted by atomic mass is 10.0. The lowest BCUT2D eigenvalue weighted by molar-refractivity contribution is -0.122. The van der Waals surface area contributed by atoms with Gasteiger partial charge in [-0.1, -0.05) is 91.0 Å². The molecule has 1 N–H and O–H groups in total. The molecule has 1 saturated heterocycles. The van der Waals surface area contributed by atoms with E-state index in [2.05, 4.69) is 5.32 Å². The van der Waals surface area contributed by atoms with Crippen molar-refractivity contribution in [3.8, 4) is 0 Å². The molecule has 248 valence electrons. The molecular formula is C39H41N3O5S. The van der Waals surface area contributed by atoms with Gasteiger partial charge in [-0.05, 0) is 77.6 Å². The van der Waals surface area contributed by atoms with E-state index in [9.17, 15) is 18.0 Å². The van der Waals surface area contributed by atoms with Crippen molar-refractivity contribution < 1.29 is 22.7 Å². The molecule has 0 aliphatic carbocycles. The van der Waals surface area contributed by atoms with Crippen LogP contribution < -0.4 is 10.2 Å². The summed E-state index contributed by atoms with van der Waals surface area (Å²) in [5.41, 5.74) is 1.72. The molecule has 3 amide bonds. The number of rotatable bonds is 11. The van der Waals surface area contributed by atoms with Crippen molar-refractivity contribution in [3.05, 3.63) is 121 Å². The van der Waals surface area contributed by atoms with Crippen molar-refractivity contribution in [2.75, 3.05) is 37.0 Å². The highest BCUT2D eigenvalue weighted by atomic mass is 32.2. The van der Waals surface area contributed by atoms with E-state index in [0.717, 1.165) is 27.1 Å². The molecule has 5 aromatic rings. The van der Waals surface area contributed by atoms with Gasteiger partial charge < -0.3 is 15.0 Å². The highest BCUT2D eigenvalue weighted by molar-refractivity contribution is 7.91. The monoisotopic (exact) mass is 663 g/mol. The molecule has 0 spiro atoms. The largest absolute Gasteiger partial charge is 0.378 e. The molecule has 0 saturated carbocycles. The van der Waals surface area contributed by atoms with Crippen LogP contribution in [0.4, 0.5) is 10.5 Å². The zero-order chi connectivity index (χ0) is 33.5. The second kappa shape index (κ2) is 15.0. The van der Waals surface area contributed by atoms with Crippen molar-refractivity contribution in [2.45, 2.75) is 43.2 Å². The van der Waals surface area contributed by atoms with E-state index in [-0.39, 0.29) is 29.0 Å². The average Bonchev–Trinajstić information content (AvgIpc) is 3.13. The molecule has 9 heteroatoms. The topological polar surface area (TPSA) is 96.0 Å². The summed E-state index contributed by atoms with van der Waals surface area (Å²) in [6.45, 7) is 3.46. The smallest absolute Gasteiger partial charge is 0.325 e. The van der Waals surface area contributed by atoms with E-state index in [1.54, 1.807) is 28.9 Å². The molecule has 1 heterocycles. The van der Waals surface area contributed by atoms with Crippen LogP contribution in [0.15, 0.2) is 120 Å². The van der Waals surface area contributed by atoms with Gasteiger partial charge in [-0.3, -0.25) is 9.69 Å². The predicted molar refractivity (Wildman–Crippen MR) is 191 cm³/mol. The van der Waals surface area contributed by atoms with Gasteiger partial charge in [-0.25, -0.2) is 13.2 Å². The van der Waals surface area contributed by atoms with E-state index in [1.807, 2.05) is 103 Å². The number of benzene rings is 5. The van der Waals surface area contributed by atoms with Crippen LogP contribution in [0.5, 0.6) is 0 Å². The SMILES string of the molecule is CC(C(=O)NC(CCc1ccccc1)CCS(=O)(=O)c1ccc2ccccc2c1)N(C(=O)N1CCOCC1)c1ccc2ccccc2c1. The molecule has 0 radical (unpaired) electrons. The number of morpholine rings is 1. The van der Waals surface area contributed by atoms with E-state index in [4.69, 9.17) is 4.74 Å². The Bertz CT molecular complexity index is 1990. The van der Waals surface area contributed by atoms with Crippen LogP contribution in [0.2, 0.25) is 0 Å². The molecule has 2 atom stereocenters. The first-order valence-electron chi connectivity index (χ1n) is 16.5. The number of carbonyl (C=O) groups is 2. The Hall–Kier alpha value is -4.73. The molecule has 2 unspecified atom stereocenters. The average molecular weight is 664 g/mol. The van der Waals surface area contributed by atoms with Crippen LogP contribution in [0.1, 0.15) is 25.3 Å². The summed E-state index contributed by atoms with van der Waals surface area (Å²) in [6.07, 6.45) is 1.44. The fourth-order valence-corrected chi connectivity index (χ4v) is 7.64. The van der Waals surface area contributed by atoms with E-state index in [0.29, 0.717) is 44.8 Å². The standard InChI is InChI=1S/C39H41N3O5S/c1-29(42(39(44)41-22-24-47-25-23-41)36-19-16-31-11-5-7-13-33(31)27-36)38(43)40-35(18-15-30-9-3-2-4-10-30)21-26-48(45,46)37-20-17-32-12-6-8-14-34(32)28-37/h2-14,16-17,19-20,27-29,35H,15,18,21-26H2,1H3,(H,40,43). The number of amides is 3. The maximum absolute atomic E-state index is 14.1. The van der Waals surface area contributed by atoms with E-state index in [1.165, 1.54) is 0 Å². The summed E-state index contributed by atoms with van der Waals surface area (Å²) >= 11 is 0. The van der Waals surface area contributed by atoms with Gasteiger partial charge in [0.1, 0.15) is 6.04 Å². The quantitative estimate of drug-likeness (QED) is 0.171. The maximum Gasteiger partial charge on any atom is 0.325 e. The zero-order valence-corrected chi connectivity index (χ0v) is 27.9. The van der Waals surface area contributed by atoms with Gasteiger partial charge in [-0.2, -0.15) is 0 Å². The predicted octanol–water partition coefficient (Wildman–Crippen LogP) is 6.62. The van der Waals surface area contributed by atoms with Gasteiger partial charge in [0.25, 0.3) is 0 Å². The molecule has 0 aromatic heterocycles. The molecule has 48 heavy (non-hydrogen) atoms. The molecular weight excluding hydrogens is 623 g/mol. The Labute approximate surface area is 282 Å². The number of nitrogens with one attached hydrogen (secondary N) is 1. The number of carbonyl (C=O) groups excluding carboxylic acids is 2. The molecule has 6 rings (SSSR count). The minimum Gasteiger partial charge on any atom is -0.378 e. The van der Waals surface area contributed by atoms with Crippen molar-refractivity contribution in [2.24, 2.45) is 0 Å². The number of urea groups is 1. The first kappa shape index (κ1) is 33.2. The second-order valence-corrected chi connectivity index (χ2v) is 14.4. The fourth-order valence-electron chi connectivity index (χ4n) is 6.22. The third-order valence-corrected chi connectivity index (χ3v) is 10.8. The van der Waals surface area contributed by atoms with Gasteiger partial charge in [0.15, 0.2) is 9.84 Å². The summed E-state index contributed by atoms with van der Waals surface area (Å²) in [5, 5.41) is 6.97. The summed E-state index contributed by atoms with van der Waals surface area (Å²) in [6, 6.07) is 34.9. The number of nitrogens with zero attached hydrogens (tertiary/aromatic N) is 2. The van der Waals surface area contributed by atoms with Crippen LogP contribution >= 0.6 is 0 Å². The minimum absolute atomic E-state index is 0.124. The Balaban J connectivity index is 1.24. The normalized spacial score (nSPS) is 14.8. The number of anilines is 1. The van der Waals surface area contributed by atoms with Crippen molar-refractivity contribution in [1.82, 2.24) is 10.2 Å². The van der Waals surface area contributed by atoms with Crippen LogP contribution in [0.25, 0.3) is 21.5 Å². The first-order chi connectivity index (χ1) is 23.3. The molecule has 1 aliphatic rings. The van der Waals surface area contributed by atoms with E-state index < -0.39 is 21.9 Å². The summed E-state index contributed by atoms with van der Waals surface area (Å²) in [7, 11) is -3.63. The van der Waals surface area contributed by atoms with Crippen LogP contribution in [-0.2, 0) is 25.8 Å². The Morgan fingerprint density at radius 2 is 1.38 bits per heavy atom. The van der Waals surface area contributed by atoms with Gasteiger partial charge in [0, 0.05) is 24.8 Å². The number of sulfone groups is 1. The van der Waals surface area contributed by atoms with Crippen LogP contribution in [0.3, 0.4) is 0 Å². The Morgan fingerprint density at radius 1 is 0.771 bits per heavy atom. The maximum atomic E-state index is 14.1. The van der Waals surface area contributed by atoms with Gasteiger partial charge in [-0.15, -0.1) is 0 Å². The lowest BCUT2D eigenvalue weighted by Gasteiger charge is -2.36. The van der Waals surface area contributed by atoms with Crippen LogP contribution in [0, 0.1) is 0 Å². The number of fused-ring (bicyclic) bond motifs is 2. The van der Waals surface area contributed by atoms with Crippen molar-refractivity contribution in [3.63, 3.8) is 0 Å². The minimum atomic E-state index is -3.63. The van der Waals surface area contributed by atoms with Crippen molar-refractivity contribution in [1.29, 1.82) is 0 Å². The zero-order valence-electron chi connectivity index (χ0n) is 27.1. The fraction of sp³-hybridized carbons (Fsp3) is 0.282. The van der Waals surface area contributed by atoms with Crippen LogP contribution in [-0.4, -0.2) is 69.4 Å². The summed E-state index contributed by atoms with van der Waals surface area (Å²) in [4.78, 5) is 31.6. The Morgan fingerprint density at radius 3 is 2.06 bits per heavy atom. The lowest BCUT2D eigenvalue weighted by Crippen LogP contribution is -2.56. The molecule has 1 aliphatic heterocycles. The second-order valence-electron chi connectivity index (χ2n) is 12.3. The summed E-state index contributed by atoms with van der Waals surface area (Å²) < 4.78 is 32.6. The third kappa shape index (κ3) is 7.86. The number of aryl methyl sites for hydroxylation is 1. The molecule has 8 nitrogen and oxygen atoms in total. The van der Waals surface area contributed by atoms with Gasteiger partial charge in [0.2, 0.25) is 5.91 Å². The highest BCUT2D eigenvalue weighted by Crippen LogP contribution is 2.26. The highest BCUT2D eigenvalue weighted by Gasteiger charge is 2.33. The van der Waals surface area contributed by atoms with Crippen molar-refractivity contribution >= 4 is 49.0 Å². The van der Waals surface area contributed by atoms with Gasteiger partial charge >= 0.3 is 6.03 Å². The van der Waals surface area contributed by atoms with Gasteiger partial charge in [0.05, 0.1) is 23.9 Å². The number of ether oxygens (including phenoxy) is 1. The first-order valence-corrected chi connectivity index (χ1v) is 18.1. The molecule has 5 aromatic carbocycles. The molecule has 0 bridgehead atoms. The summed E-state index contributed by atoms with van der Waals surface area (Å²) in [5.74, 6) is -0.466. The molecule has 1 fully saturated rings. The number of hydrogen-bond acceptors (Lipinski definition) is 5. The van der Waals surface area contributed by atoms with E-state index >= 15 is 0 Å².